The first kappa shape index (κ1) is 14.8. The van der Waals surface area contributed by atoms with Gasteiger partial charge in [-0.15, -0.1) is 11.3 Å². The summed E-state index contributed by atoms with van der Waals surface area (Å²) in [5.41, 5.74) is 4.54. The molecule has 3 rings (SSSR count). The zero-order chi connectivity index (χ0) is 14.7. The van der Waals surface area contributed by atoms with Crippen LogP contribution >= 0.6 is 11.3 Å². The summed E-state index contributed by atoms with van der Waals surface area (Å²) in [4.78, 5) is 8.32. The first-order valence-corrected chi connectivity index (χ1v) is 8.38. The lowest BCUT2D eigenvalue weighted by molar-refractivity contribution is 0.151. The second-order valence-electron chi connectivity index (χ2n) is 5.83. The molecule has 0 aliphatic carbocycles. The van der Waals surface area contributed by atoms with Crippen LogP contribution in [0.3, 0.4) is 0 Å². The van der Waals surface area contributed by atoms with Gasteiger partial charge in [-0.1, -0.05) is 0 Å². The molecule has 0 saturated carbocycles. The van der Waals surface area contributed by atoms with E-state index in [4.69, 9.17) is 4.74 Å². The lowest BCUT2D eigenvalue weighted by Gasteiger charge is -2.23. The zero-order valence-corrected chi connectivity index (χ0v) is 13.6. The van der Waals surface area contributed by atoms with Crippen molar-refractivity contribution in [3.63, 3.8) is 0 Å². The van der Waals surface area contributed by atoms with E-state index in [1.54, 1.807) is 18.4 Å². The third-order valence-corrected chi connectivity index (χ3v) is 5.14. The van der Waals surface area contributed by atoms with Crippen molar-refractivity contribution in [3.8, 4) is 0 Å². The highest BCUT2D eigenvalue weighted by Gasteiger charge is 2.22. The third kappa shape index (κ3) is 3.54. The molecule has 114 valence electrons. The molecule has 21 heavy (non-hydrogen) atoms. The predicted octanol–water partition coefficient (Wildman–Crippen LogP) is 2.92. The van der Waals surface area contributed by atoms with Crippen molar-refractivity contribution < 1.29 is 4.74 Å². The number of thiazole rings is 1. The Morgan fingerprint density at radius 2 is 2.33 bits per heavy atom. The average molecular weight is 305 g/mol. The highest BCUT2D eigenvalue weighted by molar-refractivity contribution is 7.09. The summed E-state index contributed by atoms with van der Waals surface area (Å²) in [5.74, 6) is 0.645. The molecule has 1 aliphatic heterocycles. The summed E-state index contributed by atoms with van der Waals surface area (Å²) in [7, 11) is 1.79. The fourth-order valence-electron chi connectivity index (χ4n) is 3.03. The van der Waals surface area contributed by atoms with Crippen molar-refractivity contribution in [2.45, 2.75) is 33.0 Å². The Bertz CT molecular complexity index is 578. The Morgan fingerprint density at radius 3 is 3.10 bits per heavy atom. The van der Waals surface area contributed by atoms with Crippen LogP contribution < -0.4 is 0 Å². The summed E-state index contributed by atoms with van der Waals surface area (Å²) in [6, 6.07) is 4.40. The molecule has 0 N–H and O–H groups in total. The van der Waals surface area contributed by atoms with E-state index in [1.807, 2.05) is 5.51 Å². The minimum absolute atomic E-state index is 0.645. The van der Waals surface area contributed by atoms with Crippen LogP contribution in [0.2, 0.25) is 0 Å². The summed E-state index contributed by atoms with van der Waals surface area (Å²) in [5, 5.41) is 0. The van der Waals surface area contributed by atoms with Gasteiger partial charge in [0.15, 0.2) is 0 Å². The normalized spacial score (nSPS) is 19.4. The van der Waals surface area contributed by atoms with Gasteiger partial charge in [-0.05, 0) is 31.4 Å². The van der Waals surface area contributed by atoms with Gasteiger partial charge in [0.1, 0.15) is 0 Å². The number of hydrogen-bond acceptors (Lipinski definition) is 4. The summed E-state index contributed by atoms with van der Waals surface area (Å²) < 4.78 is 7.68. The van der Waals surface area contributed by atoms with Crippen molar-refractivity contribution in [1.82, 2.24) is 14.5 Å². The first-order valence-electron chi connectivity index (χ1n) is 7.50. The SMILES string of the molecule is COCC[C@H]1CN(Cc2scnc2C)Cc2cccn2C1. The topological polar surface area (TPSA) is 30.3 Å². The molecule has 0 amide bonds. The standard InChI is InChI=1S/C16H23N3OS/c1-13-16(21-12-17-13)11-18-8-14(5-7-20-2)9-19-6-3-4-15(19)10-18/h3-4,6,12,14H,5,7-11H2,1-2H3/t14-/m0/s1. The molecule has 5 heteroatoms. The van der Waals surface area contributed by atoms with E-state index in [2.05, 4.69) is 39.7 Å². The second-order valence-corrected chi connectivity index (χ2v) is 6.77. The highest BCUT2D eigenvalue weighted by atomic mass is 32.1. The molecule has 4 nitrogen and oxygen atoms in total. The monoisotopic (exact) mass is 305 g/mol. The summed E-state index contributed by atoms with van der Waals surface area (Å²) in [6.07, 6.45) is 3.32. The minimum atomic E-state index is 0.645. The molecule has 1 aliphatic rings. The van der Waals surface area contributed by atoms with E-state index in [9.17, 15) is 0 Å². The number of aromatic nitrogens is 2. The fourth-order valence-corrected chi connectivity index (χ4v) is 3.85. The van der Waals surface area contributed by atoms with Gasteiger partial charge in [0.2, 0.25) is 0 Å². The zero-order valence-electron chi connectivity index (χ0n) is 12.8. The molecule has 0 spiro atoms. The highest BCUT2D eigenvalue weighted by Crippen LogP contribution is 2.23. The maximum Gasteiger partial charge on any atom is 0.0798 e. The number of hydrogen-bond donors (Lipinski definition) is 0. The van der Waals surface area contributed by atoms with Gasteiger partial charge in [-0.25, -0.2) is 4.98 Å². The molecule has 3 heterocycles. The van der Waals surface area contributed by atoms with E-state index in [0.29, 0.717) is 5.92 Å². The lowest BCUT2D eigenvalue weighted by atomic mass is 10.1. The third-order valence-electron chi connectivity index (χ3n) is 4.22. The molecule has 0 bridgehead atoms. The Balaban J connectivity index is 1.75. The van der Waals surface area contributed by atoms with Gasteiger partial charge in [-0.2, -0.15) is 0 Å². The molecular formula is C16H23N3OS. The Labute approximate surface area is 130 Å². The fraction of sp³-hybridized carbons (Fsp3) is 0.562. The van der Waals surface area contributed by atoms with Crippen molar-refractivity contribution in [2.75, 3.05) is 20.3 Å². The number of nitrogens with zero attached hydrogens (tertiary/aromatic N) is 3. The molecule has 2 aromatic heterocycles. The van der Waals surface area contributed by atoms with Gasteiger partial charge in [0.05, 0.1) is 11.2 Å². The molecule has 0 saturated heterocycles. The molecule has 0 unspecified atom stereocenters. The first-order chi connectivity index (χ1) is 10.3. The van der Waals surface area contributed by atoms with Crippen LogP contribution in [0, 0.1) is 12.8 Å². The largest absolute Gasteiger partial charge is 0.385 e. The number of rotatable bonds is 5. The maximum absolute atomic E-state index is 5.28. The minimum Gasteiger partial charge on any atom is -0.385 e. The van der Waals surface area contributed by atoms with Crippen molar-refractivity contribution in [2.24, 2.45) is 5.92 Å². The van der Waals surface area contributed by atoms with Crippen molar-refractivity contribution in [3.05, 3.63) is 40.1 Å². The maximum atomic E-state index is 5.28. The van der Waals surface area contributed by atoms with E-state index < -0.39 is 0 Å². The summed E-state index contributed by atoms with van der Waals surface area (Å²) >= 11 is 1.77. The smallest absolute Gasteiger partial charge is 0.0798 e. The van der Waals surface area contributed by atoms with Crippen molar-refractivity contribution >= 4 is 11.3 Å². The van der Waals surface area contributed by atoms with Crippen LogP contribution in [0.15, 0.2) is 23.8 Å². The van der Waals surface area contributed by atoms with Gasteiger partial charge in [-0.3, -0.25) is 4.90 Å². The summed E-state index contributed by atoms with van der Waals surface area (Å²) in [6.45, 7) is 7.20. The van der Waals surface area contributed by atoms with Crippen LogP contribution in [0.5, 0.6) is 0 Å². The number of methoxy groups -OCH3 is 1. The van der Waals surface area contributed by atoms with Crippen LogP contribution in [0.4, 0.5) is 0 Å². The Kier molecular flexibility index (Phi) is 4.73. The Morgan fingerprint density at radius 1 is 1.43 bits per heavy atom. The van der Waals surface area contributed by atoms with Crippen molar-refractivity contribution in [1.29, 1.82) is 0 Å². The average Bonchev–Trinajstić information content (AvgIpc) is 3.03. The van der Waals surface area contributed by atoms with Crippen LogP contribution in [-0.4, -0.2) is 34.7 Å². The molecule has 0 radical (unpaired) electrons. The second kappa shape index (κ2) is 6.73. The van der Waals surface area contributed by atoms with Gasteiger partial charge >= 0.3 is 0 Å². The van der Waals surface area contributed by atoms with Crippen LogP contribution in [0.25, 0.3) is 0 Å². The number of fused-ring (bicyclic) bond motifs is 1. The number of ether oxygens (including phenoxy) is 1. The quantitative estimate of drug-likeness (QED) is 0.851. The van der Waals surface area contributed by atoms with Gasteiger partial charge in [0.25, 0.3) is 0 Å². The van der Waals surface area contributed by atoms with Gasteiger partial charge in [0, 0.05) is 56.7 Å². The van der Waals surface area contributed by atoms with Crippen LogP contribution in [-0.2, 0) is 24.4 Å². The lowest BCUT2D eigenvalue weighted by Crippen LogP contribution is -2.28. The Hall–Kier alpha value is -1.17. The van der Waals surface area contributed by atoms with E-state index in [0.717, 1.165) is 39.2 Å². The molecule has 2 aromatic rings. The van der Waals surface area contributed by atoms with E-state index in [-0.39, 0.29) is 0 Å². The van der Waals surface area contributed by atoms with Gasteiger partial charge < -0.3 is 9.30 Å². The molecule has 0 aromatic carbocycles. The number of aryl methyl sites for hydroxylation is 1. The van der Waals surface area contributed by atoms with E-state index >= 15 is 0 Å². The predicted molar refractivity (Wildman–Crippen MR) is 85.4 cm³/mol. The molecule has 0 fully saturated rings. The molecule has 1 atom stereocenters. The molecular weight excluding hydrogens is 282 g/mol. The van der Waals surface area contributed by atoms with E-state index in [1.165, 1.54) is 16.3 Å². The van der Waals surface area contributed by atoms with Crippen LogP contribution in [0.1, 0.15) is 22.7 Å².